The molecule has 1 aromatic heterocycles. The molecule has 0 radical (unpaired) electrons. The summed E-state index contributed by atoms with van der Waals surface area (Å²) in [6, 6.07) is 8.67. The quantitative estimate of drug-likeness (QED) is 0.269. The number of carbonyl (C=O) groups is 1. The molecule has 10 heteroatoms. The van der Waals surface area contributed by atoms with Crippen molar-refractivity contribution in [2.45, 2.75) is 30.7 Å². The van der Waals surface area contributed by atoms with Gasteiger partial charge in [-0.15, -0.1) is 23.1 Å². The normalized spacial score (nSPS) is 11.4. The zero-order chi connectivity index (χ0) is 24.2. The molecule has 0 atom stereocenters. The van der Waals surface area contributed by atoms with Crippen LogP contribution in [0.5, 0.6) is 11.5 Å². The van der Waals surface area contributed by atoms with Gasteiger partial charge >= 0.3 is 12.1 Å². The van der Waals surface area contributed by atoms with Gasteiger partial charge in [0.1, 0.15) is 16.5 Å². The Hall–Kier alpha value is -2.72. The lowest BCUT2D eigenvalue weighted by Crippen LogP contribution is -2.13. The van der Waals surface area contributed by atoms with Crippen molar-refractivity contribution < 1.29 is 32.2 Å². The van der Waals surface area contributed by atoms with E-state index in [4.69, 9.17) is 9.47 Å². The van der Waals surface area contributed by atoms with E-state index in [1.54, 1.807) is 24.9 Å². The molecule has 0 unspecified atom stereocenters. The molecule has 2 aromatic carbocycles. The SMILES string of the molecule is COC(=O)COc1cc(OC)c(SCc2sc(-c3ccc(C(F)(F)F)cc3)nc2C)cc1C. The minimum absolute atomic E-state index is 0.195. The molecule has 1 heterocycles. The lowest BCUT2D eigenvalue weighted by molar-refractivity contribution is -0.143. The molecule has 0 spiro atoms. The number of aryl methyl sites for hydroxylation is 2. The Bertz CT molecular complexity index is 1130. The third-order valence-electron chi connectivity index (χ3n) is 4.75. The van der Waals surface area contributed by atoms with Crippen molar-refractivity contribution in [2.24, 2.45) is 0 Å². The molecular formula is C23H22F3NO4S2. The van der Waals surface area contributed by atoms with Gasteiger partial charge in [-0.25, -0.2) is 9.78 Å². The van der Waals surface area contributed by atoms with Crippen molar-refractivity contribution in [3.8, 4) is 22.1 Å². The summed E-state index contributed by atoms with van der Waals surface area (Å²) in [4.78, 5) is 17.8. The first kappa shape index (κ1) is 24.9. The summed E-state index contributed by atoms with van der Waals surface area (Å²) >= 11 is 3.00. The highest BCUT2D eigenvalue weighted by atomic mass is 32.2. The second kappa shape index (κ2) is 10.5. The summed E-state index contributed by atoms with van der Waals surface area (Å²) < 4.78 is 54.0. The van der Waals surface area contributed by atoms with Gasteiger partial charge < -0.3 is 14.2 Å². The smallest absolute Gasteiger partial charge is 0.416 e. The molecule has 3 rings (SSSR count). The highest BCUT2D eigenvalue weighted by molar-refractivity contribution is 7.98. The fourth-order valence-electron chi connectivity index (χ4n) is 2.90. The van der Waals surface area contributed by atoms with Crippen LogP contribution in [-0.2, 0) is 21.5 Å². The molecule has 0 fully saturated rings. The zero-order valence-electron chi connectivity index (χ0n) is 18.4. The van der Waals surface area contributed by atoms with E-state index in [0.29, 0.717) is 27.8 Å². The van der Waals surface area contributed by atoms with Gasteiger partial charge in [-0.1, -0.05) is 12.1 Å². The number of thiazole rings is 1. The minimum Gasteiger partial charge on any atom is -0.495 e. The van der Waals surface area contributed by atoms with Crippen molar-refractivity contribution in [2.75, 3.05) is 20.8 Å². The summed E-state index contributed by atoms with van der Waals surface area (Å²) in [6.07, 6.45) is -4.36. The molecule has 0 aliphatic heterocycles. The molecule has 0 aliphatic carbocycles. The highest BCUT2D eigenvalue weighted by Crippen LogP contribution is 2.39. The van der Waals surface area contributed by atoms with Crippen LogP contribution in [0.3, 0.4) is 0 Å². The lowest BCUT2D eigenvalue weighted by atomic mass is 10.1. The van der Waals surface area contributed by atoms with Crippen molar-refractivity contribution in [3.05, 3.63) is 58.1 Å². The van der Waals surface area contributed by atoms with Gasteiger partial charge in [0.2, 0.25) is 0 Å². The highest BCUT2D eigenvalue weighted by Gasteiger charge is 2.30. The molecule has 0 saturated carbocycles. The molecule has 0 amide bonds. The zero-order valence-corrected chi connectivity index (χ0v) is 20.0. The van der Waals surface area contributed by atoms with Crippen molar-refractivity contribution in [1.29, 1.82) is 0 Å². The van der Waals surface area contributed by atoms with Crippen LogP contribution >= 0.6 is 23.1 Å². The Labute approximate surface area is 197 Å². The Morgan fingerprint density at radius 3 is 2.39 bits per heavy atom. The second-order valence-corrected chi connectivity index (χ2v) is 9.13. The Balaban J connectivity index is 1.74. The molecular weight excluding hydrogens is 475 g/mol. The molecule has 33 heavy (non-hydrogen) atoms. The van der Waals surface area contributed by atoms with Crippen LogP contribution < -0.4 is 9.47 Å². The summed E-state index contributed by atoms with van der Waals surface area (Å²) in [5.74, 6) is 1.27. The van der Waals surface area contributed by atoms with E-state index in [1.165, 1.54) is 30.6 Å². The van der Waals surface area contributed by atoms with Crippen LogP contribution in [0, 0.1) is 13.8 Å². The average Bonchev–Trinajstić information content (AvgIpc) is 3.16. The third kappa shape index (κ3) is 6.20. The van der Waals surface area contributed by atoms with E-state index in [2.05, 4.69) is 9.72 Å². The predicted octanol–water partition coefficient (Wildman–Crippen LogP) is 6.30. The summed E-state index contributed by atoms with van der Waals surface area (Å²) in [5.41, 5.74) is 1.63. The average molecular weight is 498 g/mol. The Morgan fingerprint density at radius 1 is 1.09 bits per heavy atom. The second-order valence-electron chi connectivity index (χ2n) is 7.02. The van der Waals surface area contributed by atoms with Gasteiger partial charge in [-0.3, -0.25) is 0 Å². The monoisotopic (exact) mass is 497 g/mol. The van der Waals surface area contributed by atoms with E-state index in [-0.39, 0.29) is 6.61 Å². The summed E-state index contributed by atoms with van der Waals surface area (Å²) in [6.45, 7) is 3.56. The Kier molecular flexibility index (Phi) is 7.91. The minimum atomic E-state index is -4.36. The molecule has 176 valence electrons. The number of esters is 1. The standard InChI is InChI=1S/C23H22F3NO4S2/c1-13-9-19(18(29-3)10-17(13)31-11-21(28)30-4)32-12-20-14(2)27-22(33-20)15-5-7-16(8-6-15)23(24,25)26/h5-10H,11-12H2,1-4H3. The topological polar surface area (TPSA) is 57.7 Å². The maximum Gasteiger partial charge on any atom is 0.416 e. The van der Waals surface area contributed by atoms with Crippen molar-refractivity contribution >= 4 is 29.1 Å². The number of thioether (sulfide) groups is 1. The van der Waals surface area contributed by atoms with Gasteiger partial charge in [0.15, 0.2) is 6.61 Å². The van der Waals surface area contributed by atoms with Crippen LogP contribution in [0.2, 0.25) is 0 Å². The van der Waals surface area contributed by atoms with Gasteiger partial charge in [0.25, 0.3) is 0 Å². The van der Waals surface area contributed by atoms with E-state index < -0.39 is 17.7 Å². The van der Waals surface area contributed by atoms with Crippen LogP contribution in [0.25, 0.3) is 10.6 Å². The van der Waals surface area contributed by atoms with Crippen LogP contribution in [0.4, 0.5) is 13.2 Å². The summed E-state index contributed by atoms with van der Waals surface area (Å²) in [7, 11) is 2.85. The molecule has 0 saturated heterocycles. The van der Waals surface area contributed by atoms with Crippen LogP contribution in [-0.4, -0.2) is 31.8 Å². The first-order chi connectivity index (χ1) is 15.6. The summed E-state index contributed by atoms with van der Waals surface area (Å²) in [5, 5.41) is 0.673. The molecule has 0 aliphatic rings. The van der Waals surface area contributed by atoms with Gasteiger partial charge in [-0.05, 0) is 37.6 Å². The van der Waals surface area contributed by atoms with Gasteiger partial charge in [0, 0.05) is 22.3 Å². The van der Waals surface area contributed by atoms with Gasteiger partial charge in [0.05, 0.1) is 30.4 Å². The number of hydrogen-bond acceptors (Lipinski definition) is 7. The molecule has 0 N–H and O–H groups in total. The third-order valence-corrected chi connectivity index (χ3v) is 7.20. The molecule has 0 bridgehead atoms. The Morgan fingerprint density at radius 2 is 1.79 bits per heavy atom. The van der Waals surface area contributed by atoms with E-state index in [0.717, 1.165) is 33.2 Å². The number of rotatable bonds is 8. The van der Waals surface area contributed by atoms with Crippen molar-refractivity contribution in [3.63, 3.8) is 0 Å². The van der Waals surface area contributed by atoms with E-state index in [9.17, 15) is 18.0 Å². The fourth-order valence-corrected chi connectivity index (χ4v) is 5.21. The van der Waals surface area contributed by atoms with E-state index >= 15 is 0 Å². The number of ether oxygens (including phenoxy) is 3. The van der Waals surface area contributed by atoms with E-state index in [1.807, 2.05) is 19.9 Å². The largest absolute Gasteiger partial charge is 0.495 e. The predicted molar refractivity (Wildman–Crippen MR) is 122 cm³/mol. The number of hydrogen-bond donors (Lipinski definition) is 0. The number of alkyl halides is 3. The number of benzene rings is 2. The van der Waals surface area contributed by atoms with Crippen molar-refractivity contribution in [1.82, 2.24) is 4.98 Å². The first-order valence-electron chi connectivity index (χ1n) is 9.77. The van der Waals surface area contributed by atoms with Crippen LogP contribution in [0.1, 0.15) is 21.7 Å². The fraction of sp³-hybridized carbons (Fsp3) is 0.304. The molecule has 3 aromatic rings. The number of nitrogens with zero attached hydrogens (tertiary/aromatic N) is 1. The number of aromatic nitrogens is 1. The number of carbonyl (C=O) groups excluding carboxylic acids is 1. The maximum atomic E-state index is 12.8. The maximum absolute atomic E-state index is 12.8. The molecule has 5 nitrogen and oxygen atoms in total. The number of methoxy groups -OCH3 is 2. The van der Waals surface area contributed by atoms with Crippen LogP contribution in [0.15, 0.2) is 41.3 Å². The van der Waals surface area contributed by atoms with Gasteiger partial charge in [-0.2, -0.15) is 13.2 Å². The number of halogens is 3. The lowest BCUT2D eigenvalue weighted by Gasteiger charge is -2.13. The first-order valence-corrected chi connectivity index (χ1v) is 11.6.